The van der Waals surface area contributed by atoms with Crippen LogP contribution in [0.2, 0.25) is 0 Å². The minimum atomic E-state index is -5.08. The molecule has 0 saturated carbocycles. The molecule has 2 atom stereocenters. The zero-order valence-corrected chi connectivity index (χ0v) is 16.6. The Morgan fingerprint density at radius 2 is 1.86 bits per heavy atom. The molecule has 2 aliphatic heterocycles. The van der Waals surface area contributed by atoms with Crippen molar-refractivity contribution in [3.8, 4) is 0 Å². The van der Waals surface area contributed by atoms with Gasteiger partial charge in [-0.05, 0) is 18.5 Å². The first-order chi connectivity index (χ1) is 13.5. The highest BCUT2D eigenvalue weighted by Crippen LogP contribution is 2.37. The Labute approximate surface area is 168 Å². The van der Waals surface area contributed by atoms with E-state index in [1.807, 2.05) is 35.2 Å². The van der Waals surface area contributed by atoms with Crippen LogP contribution in [0.3, 0.4) is 0 Å². The highest BCUT2D eigenvalue weighted by Gasteiger charge is 2.46. The number of alkyl halides is 3. The monoisotopic (exact) mass is 416 g/mol. The number of halogens is 3. The Kier molecular flexibility index (Phi) is 7.65. The van der Waals surface area contributed by atoms with Gasteiger partial charge in [0.1, 0.15) is 0 Å². The third-order valence-electron chi connectivity index (χ3n) is 5.41. The zero-order valence-electron chi connectivity index (χ0n) is 16.6. The number of likely N-dealkylation sites (tertiary alicyclic amines) is 1. The molecule has 2 fully saturated rings. The van der Waals surface area contributed by atoms with E-state index in [4.69, 9.17) is 14.6 Å². The lowest BCUT2D eigenvalue weighted by Crippen LogP contribution is -2.46. The van der Waals surface area contributed by atoms with Crippen molar-refractivity contribution in [3.05, 3.63) is 35.9 Å². The maximum Gasteiger partial charge on any atom is 0.490 e. The second kappa shape index (κ2) is 9.58. The van der Waals surface area contributed by atoms with Crippen LogP contribution in [-0.2, 0) is 20.7 Å². The first-order valence-electron chi connectivity index (χ1n) is 9.41. The molecule has 1 amide bonds. The van der Waals surface area contributed by atoms with Crippen molar-refractivity contribution in [1.29, 1.82) is 0 Å². The van der Waals surface area contributed by atoms with E-state index in [0.717, 1.165) is 31.8 Å². The number of benzene rings is 1. The summed E-state index contributed by atoms with van der Waals surface area (Å²) < 4.78 is 37.6. The number of carbonyl (C=O) groups excluding carboxylic acids is 1. The molecule has 29 heavy (non-hydrogen) atoms. The van der Waals surface area contributed by atoms with Gasteiger partial charge in [-0.25, -0.2) is 4.79 Å². The van der Waals surface area contributed by atoms with Crippen molar-refractivity contribution in [2.45, 2.75) is 19.5 Å². The van der Waals surface area contributed by atoms with Gasteiger partial charge in [0.05, 0.1) is 19.6 Å². The summed E-state index contributed by atoms with van der Waals surface area (Å²) in [6, 6.07) is 10.0. The molecule has 0 unspecified atom stereocenters. The standard InChI is InChI=1S/C18H26N2O2.C2HF3O2/c1-15-11-19(2)12-18(15)13-20(8-9-22-14-18)17(21)10-16-6-4-3-5-7-16;3-2(4,5)1(6)7/h3-7,15H,8-14H2,1-2H3;(H,6,7)/t15-,18+;/m0./s1. The Morgan fingerprint density at radius 1 is 1.24 bits per heavy atom. The van der Waals surface area contributed by atoms with Crippen molar-refractivity contribution in [1.82, 2.24) is 9.80 Å². The highest BCUT2D eigenvalue weighted by atomic mass is 19.4. The summed E-state index contributed by atoms with van der Waals surface area (Å²) in [6.07, 6.45) is -4.60. The van der Waals surface area contributed by atoms with Gasteiger partial charge < -0.3 is 19.6 Å². The van der Waals surface area contributed by atoms with Crippen LogP contribution in [0.5, 0.6) is 0 Å². The minimum absolute atomic E-state index is 0.0948. The van der Waals surface area contributed by atoms with Gasteiger partial charge in [-0.2, -0.15) is 13.2 Å². The molecular formula is C20H27F3N2O4. The van der Waals surface area contributed by atoms with Gasteiger partial charge in [0.15, 0.2) is 0 Å². The predicted molar refractivity (Wildman–Crippen MR) is 100 cm³/mol. The van der Waals surface area contributed by atoms with Crippen molar-refractivity contribution >= 4 is 11.9 Å². The normalized spacial score (nSPS) is 25.3. The summed E-state index contributed by atoms with van der Waals surface area (Å²) in [5.74, 6) is -1.98. The second-order valence-corrected chi connectivity index (χ2v) is 7.79. The first kappa shape index (κ1) is 23.2. The second-order valence-electron chi connectivity index (χ2n) is 7.79. The van der Waals surface area contributed by atoms with Gasteiger partial charge in [-0.1, -0.05) is 37.3 Å². The Bertz CT molecular complexity index is 699. The molecule has 1 aromatic carbocycles. The van der Waals surface area contributed by atoms with Crippen molar-refractivity contribution < 1.29 is 32.6 Å². The number of carboxylic acids is 1. The fourth-order valence-electron chi connectivity index (χ4n) is 3.86. The fourth-order valence-corrected chi connectivity index (χ4v) is 3.86. The first-order valence-corrected chi connectivity index (χ1v) is 9.41. The predicted octanol–water partition coefficient (Wildman–Crippen LogP) is 2.29. The molecule has 1 N–H and O–H groups in total. The summed E-state index contributed by atoms with van der Waals surface area (Å²) in [5, 5.41) is 7.12. The van der Waals surface area contributed by atoms with Crippen LogP contribution in [0.4, 0.5) is 13.2 Å². The molecule has 0 aliphatic carbocycles. The van der Waals surface area contributed by atoms with Crippen molar-refractivity contribution in [2.24, 2.45) is 11.3 Å². The molecule has 1 spiro atoms. The smallest absolute Gasteiger partial charge is 0.475 e. The molecule has 2 saturated heterocycles. The van der Waals surface area contributed by atoms with Crippen molar-refractivity contribution in [2.75, 3.05) is 46.4 Å². The molecule has 0 radical (unpaired) electrons. The fraction of sp³-hybridized carbons (Fsp3) is 0.600. The summed E-state index contributed by atoms with van der Waals surface area (Å²) in [7, 11) is 2.16. The van der Waals surface area contributed by atoms with Crippen LogP contribution in [0.25, 0.3) is 0 Å². The van der Waals surface area contributed by atoms with E-state index in [2.05, 4.69) is 18.9 Å². The van der Waals surface area contributed by atoms with E-state index in [-0.39, 0.29) is 11.3 Å². The largest absolute Gasteiger partial charge is 0.490 e. The van der Waals surface area contributed by atoms with Crippen LogP contribution in [-0.4, -0.2) is 79.4 Å². The molecule has 6 nitrogen and oxygen atoms in total. The average Bonchev–Trinajstić information content (AvgIpc) is 2.80. The number of amides is 1. The molecule has 2 aliphatic rings. The van der Waals surface area contributed by atoms with Crippen LogP contribution in [0.15, 0.2) is 30.3 Å². The lowest BCUT2D eigenvalue weighted by Gasteiger charge is -2.35. The Balaban J connectivity index is 0.000000370. The third-order valence-corrected chi connectivity index (χ3v) is 5.41. The van der Waals surface area contributed by atoms with E-state index in [0.29, 0.717) is 25.5 Å². The van der Waals surface area contributed by atoms with Crippen LogP contribution in [0, 0.1) is 11.3 Å². The molecule has 3 rings (SSSR count). The van der Waals surface area contributed by atoms with E-state index < -0.39 is 12.1 Å². The number of aliphatic carboxylic acids is 1. The highest BCUT2D eigenvalue weighted by molar-refractivity contribution is 5.78. The topological polar surface area (TPSA) is 70.1 Å². The number of carbonyl (C=O) groups is 2. The summed E-state index contributed by atoms with van der Waals surface area (Å²) in [5.41, 5.74) is 1.18. The average molecular weight is 416 g/mol. The molecule has 9 heteroatoms. The van der Waals surface area contributed by atoms with Gasteiger partial charge in [0.2, 0.25) is 5.91 Å². The third kappa shape index (κ3) is 6.43. The Hall–Kier alpha value is -2.13. The van der Waals surface area contributed by atoms with E-state index in [9.17, 15) is 18.0 Å². The lowest BCUT2D eigenvalue weighted by atomic mass is 9.79. The number of hydrogen-bond acceptors (Lipinski definition) is 4. The molecule has 0 aromatic heterocycles. The molecule has 0 bridgehead atoms. The molecule has 1 aromatic rings. The van der Waals surface area contributed by atoms with E-state index in [1.165, 1.54) is 0 Å². The van der Waals surface area contributed by atoms with E-state index in [1.54, 1.807) is 0 Å². The SMILES string of the molecule is C[C@H]1CN(C)C[C@@]12COCCN(C(=O)Cc1ccccc1)C2.O=C(O)C(F)(F)F. The van der Waals surface area contributed by atoms with Crippen molar-refractivity contribution in [3.63, 3.8) is 0 Å². The van der Waals surface area contributed by atoms with Gasteiger partial charge in [-0.15, -0.1) is 0 Å². The number of rotatable bonds is 2. The van der Waals surface area contributed by atoms with Crippen LogP contribution < -0.4 is 0 Å². The van der Waals surface area contributed by atoms with Gasteiger partial charge >= 0.3 is 12.1 Å². The maximum atomic E-state index is 12.7. The summed E-state index contributed by atoms with van der Waals surface area (Å²) in [6.45, 7) is 7.35. The minimum Gasteiger partial charge on any atom is -0.475 e. The molecule has 2 heterocycles. The number of hydrogen-bond donors (Lipinski definition) is 1. The van der Waals surface area contributed by atoms with Crippen LogP contribution >= 0.6 is 0 Å². The van der Waals surface area contributed by atoms with E-state index >= 15 is 0 Å². The maximum absolute atomic E-state index is 12.7. The van der Waals surface area contributed by atoms with Gasteiger partial charge in [-0.3, -0.25) is 4.79 Å². The quantitative estimate of drug-likeness (QED) is 0.801. The summed E-state index contributed by atoms with van der Waals surface area (Å²) in [4.78, 5) is 26.0. The Morgan fingerprint density at radius 3 is 2.38 bits per heavy atom. The number of nitrogens with zero attached hydrogens (tertiary/aromatic N) is 2. The zero-order chi connectivity index (χ0) is 21.7. The van der Waals surface area contributed by atoms with Gasteiger partial charge in [0, 0.05) is 31.6 Å². The molecular weight excluding hydrogens is 389 g/mol. The number of carboxylic acid groups (broad SMARTS) is 1. The lowest BCUT2D eigenvalue weighted by molar-refractivity contribution is -0.192. The van der Waals surface area contributed by atoms with Gasteiger partial charge in [0.25, 0.3) is 0 Å². The van der Waals surface area contributed by atoms with Crippen LogP contribution in [0.1, 0.15) is 12.5 Å². The summed E-state index contributed by atoms with van der Waals surface area (Å²) >= 11 is 0. The number of ether oxygens (including phenoxy) is 1. The molecule has 162 valence electrons.